The molecule has 3 nitrogen and oxygen atoms in total. The SMILES string of the molecule is Oc1ccc(C(O)CC[NH2+]CCCSc2ccccc2)cc1.[Cl-]. The average molecular weight is 354 g/mol. The van der Waals surface area contributed by atoms with Crippen molar-refractivity contribution in [2.75, 3.05) is 18.8 Å². The zero-order valence-electron chi connectivity index (χ0n) is 13.1. The molecule has 126 valence electrons. The van der Waals surface area contributed by atoms with E-state index in [0.29, 0.717) is 0 Å². The van der Waals surface area contributed by atoms with Gasteiger partial charge in [0.25, 0.3) is 0 Å². The Morgan fingerprint density at radius 2 is 1.65 bits per heavy atom. The van der Waals surface area contributed by atoms with Gasteiger partial charge in [0.1, 0.15) is 5.75 Å². The fraction of sp³-hybridized carbons (Fsp3) is 0.333. The van der Waals surface area contributed by atoms with Gasteiger partial charge in [-0.25, -0.2) is 0 Å². The minimum atomic E-state index is -0.449. The maximum absolute atomic E-state index is 10.1. The lowest BCUT2D eigenvalue weighted by Crippen LogP contribution is -3.00. The van der Waals surface area contributed by atoms with Crippen LogP contribution in [0.3, 0.4) is 0 Å². The molecule has 2 rings (SSSR count). The normalized spacial score (nSPS) is 11.7. The summed E-state index contributed by atoms with van der Waals surface area (Å²) in [5, 5.41) is 21.5. The number of benzene rings is 2. The third kappa shape index (κ3) is 7.75. The molecule has 0 aromatic heterocycles. The summed E-state index contributed by atoms with van der Waals surface area (Å²) < 4.78 is 0. The fourth-order valence-corrected chi connectivity index (χ4v) is 3.11. The van der Waals surface area contributed by atoms with Crippen LogP contribution in [0.5, 0.6) is 5.75 Å². The molecule has 0 radical (unpaired) electrons. The summed E-state index contributed by atoms with van der Waals surface area (Å²) in [5.74, 6) is 1.36. The first kappa shape index (κ1) is 19.8. The van der Waals surface area contributed by atoms with Gasteiger partial charge in [-0.15, -0.1) is 11.8 Å². The molecule has 1 unspecified atom stereocenters. The predicted molar refractivity (Wildman–Crippen MR) is 91.1 cm³/mol. The van der Waals surface area contributed by atoms with Crippen molar-refractivity contribution in [3.8, 4) is 5.75 Å². The van der Waals surface area contributed by atoms with E-state index in [4.69, 9.17) is 0 Å². The van der Waals surface area contributed by atoms with E-state index in [0.717, 1.165) is 37.2 Å². The topological polar surface area (TPSA) is 57.1 Å². The van der Waals surface area contributed by atoms with E-state index in [-0.39, 0.29) is 18.2 Å². The van der Waals surface area contributed by atoms with Crippen LogP contribution in [0, 0.1) is 0 Å². The third-order valence-electron chi connectivity index (χ3n) is 3.49. The van der Waals surface area contributed by atoms with E-state index in [9.17, 15) is 10.2 Å². The summed E-state index contributed by atoms with van der Waals surface area (Å²) in [7, 11) is 0. The van der Waals surface area contributed by atoms with Gasteiger partial charge in [0.2, 0.25) is 0 Å². The molecule has 0 spiro atoms. The Hall–Kier alpha value is -1.20. The quantitative estimate of drug-likeness (QED) is 0.423. The molecule has 0 aliphatic heterocycles. The molecule has 0 aliphatic rings. The van der Waals surface area contributed by atoms with Crippen molar-refractivity contribution in [2.45, 2.75) is 23.8 Å². The number of halogens is 1. The van der Waals surface area contributed by atoms with Crippen molar-refractivity contribution in [1.82, 2.24) is 0 Å². The Morgan fingerprint density at radius 1 is 0.957 bits per heavy atom. The van der Waals surface area contributed by atoms with Crippen LogP contribution in [0.15, 0.2) is 59.5 Å². The highest BCUT2D eigenvalue weighted by Gasteiger charge is 2.08. The van der Waals surface area contributed by atoms with Crippen LogP contribution < -0.4 is 17.7 Å². The molecular formula is C18H24ClNO2S. The van der Waals surface area contributed by atoms with Crippen molar-refractivity contribution in [3.63, 3.8) is 0 Å². The van der Waals surface area contributed by atoms with Crippen LogP contribution in [0.25, 0.3) is 0 Å². The number of phenols is 1. The first-order chi connectivity index (χ1) is 10.8. The van der Waals surface area contributed by atoms with Crippen LogP contribution >= 0.6 is 11.8 Å². The Balaban J connectivity index is 0.00000264. The highest BCUT2D eigenvalue weighted by atomic mass is 35.5. The van der Waals surface area contributed by atoms with Gasteiger partial charge in [-0.05, 0) is 29.8 Å². The summed E-state index contributed by atoms with van der Waals surface area (Å²) in [6.07, 6.45) is 1.45. The zero-order valence-corrected chi connectivity index (χ0v) is 14.6. The van der Waals surface area contributed by atoms with Gasteiger partial charge < -0.3 is 27.9 Å². The van der Waals surface area contributed by atoms with Gasteiger partial charge in [0, 0.05) is 23.5 Å². The van der Waals surface area contributed by atoms with Crippen LogP contribution in [0.4, 0.5) is 0 Å². The smallest absolute Gasteiger partial charge is 0.115 e. The fourth-order valence-electron chi connectivity index (χ4n) is 2.22. The standard InChI is InChI=1S/C18H23NO2S.ClH/c20-16-9-7-15(8-10-16)18(21)11-13-19-12-4-14-22-17-5-2-1-3-6-17;/h1-3,5-10,18-21H,4,11-14H2;1H. The largest absolute Gasteiger partial charge is 1.00 e. The lowest BCUT2D eigenvalue weighted by atomic mass is 10.1. The number of aromatic hydroxyl groups is 1. The number of hydrogen-bond acceptors (Lipinski definition) is 3. The minimum absolute atomic E-state index is 0. The average Bonchev–Trinajstić information content (AvgIpc) is 2.55. The molecule has 0 saturated heterocycles. The number of quaternary nitrogens is 1. The van der Waals surface area contributed by atoms with Crippen molar-refractivity contribution in [2.24, 2.45) is 0 Å². The summed E-state index contributed by atoms with van der Waals surface area (Å²) >= 11 is 1.89. The number of aliphatic hydroxyl groups is 1. The van der Waals surface area contributed by atoms with Gasteiger partial charge >= 0.3 is 0 Å². The Bertz CT molecular complexity index is 536. The first-order valence-corrected chi connectivity index (χ1v) is 8.71. The molecule has 0 saturated carbocycles. The van der Waals surface area contributed by atoms with E-state index in [1.165, 1.54) is 4.90 Å². The Morgan fingerprint density at radius 3 is 2.35 bits per heavy atom. The van der Waals surface area contributed by atoms with Gasteiger partial charge in [-0.3, -0.25) is 0 Å². The molecule has 4 N–H and O–H groups in total. The van der Waals surface area contributed by atoms with E-state index < -0.39 is 6.10 Å². The van der Waals surface area contributed by atoms with Gasteiger partial charge in [0.15, 0.2) is 0 Å². The summed E-state index contributed by atoms with van der Waals surface area (Å²) in [6, 6.07) is 17.2. The van der Waals surface area contributed by atoms with E-state index >= 15 is 0 Å². The second kappa shape index (κ2) is 11.4. The van der Waals surface area contributed by atoms with Crippen LogP contribution in [0.2, 0.25) is 0 Å². The lowest BCUT2D eigenvalue weighted by molar-refractivity contribution is -0.655. The molecule has 5 heteroatoms. The molecule has 0 bridgehead atoms. The maximum Gasteiger partial charge on any atom is 0.115 e. The number of hydrogen-bond donors (Lipinski definition) is 3. The number of nitrogens with two attached hydrogens (primary N) is 1. The van der Waals surface area contributed by atoms with E-state index in [1.54, 1.807) is 24.3 Å². The Kier molecular flexibility index (Phi) is 9.80. The molecule has 0 amide bonds. The monoisotopic (exact) mass is 353 g/mol. The van der Waals surface area contributed by atoms with E-state index in [2.05, 4.69) is 29.6 Å². The lowest BCUT2D eigenvalue weighted by Gasteiger charge is -2.10. The first-order valence-electron chi connectivity index (χ1n) is 7.72. The molecule has 2 aromatic carbocycles. The molecule has 0 aliphatic carbocycles. The number of aliphatic hydroxyl groups excluding tert-OH is 1. The van der Waals surface area contributed by atoms with Crippen molar-refractivity contribution >= 4 is 11.8 Å². The van der Waals surface area contributed by atoms with Crippen molar-refractivity contribution in [3.05, 3.63) is 60.2 Å². The highest BCUT2D eigenvalue weighted by molar-refractivity contribution is 7.99. The molecule has 23 heavy (non-hydrogen) atoms. The number of phenolic OH excluding ortho intramolecular Hbond substituents is 1. The van der Waals surface area contributed by atoms with Crippen LogP contribution in [0.1, 0.15) is 24.5 Å². The van der Waals surface area contributed by atoms with Gasteiger partial charge in [0.05, 0.1) is 19.2 Å². The van der Waals surface area contributed by atoms with Crippen molar-refractivity contribution in [1.29, 1.82) is 0 Å². The van der Waals surface area contributed by atoms with Crippen molar-refractivity contribution < 1.29 is 27.9 Å². The van der Waals surface area contributed by atoms with Crippen LogP contribution in [-0.2, 0) is 0 Å². The molecular weight excluding hydrogens is 330 g/mol. The molecule has 2 aromatic rings. The second-order valence-corrected chi connectivity index (χ2v) is 6.45. The minimum Gasteiger partial charge on any atom is -1.00 e. The second-order valence-electron chi connectivity index (χ2n) is 5.28. The summed E-state index contributed by atoms with van der Waals surface area (Å²) in [4.78, 5) is 1.32. The zero-order chi connectivity index (χ0) is 15.6. The number of thioether (sulfide) groups is 1. The van der Waals surface area contributed by atoms with Gasteiger partial charge in [-0.1, -0.05) is 30.3 Å². The number of rotatable bonds is 9. The highest BCUT2D eigenvalue weighted by Crippen LogP contribution is 2.18. The van der Waals surface area contributed by atoms with Crippen LogP contribution in [-0.4, -0.2) is 29.1 Å². The summed E-state index contributed by atoms with van der Waals surface area (Å²) in [6.45, 7) is 2.00. The molecule has 1 atom stereocenters. The third-order valence-corrected chi connectivity index (χ3v) is 4.58. The van der Waals surface area contributed by atoms with Gasteiger partial charge in [-0.2, -0.15) is 0 Å². The predicted octanol–water partition coefficient (Wildman–Crippen LogP) is -0.434. The molecule has 0 heterocycles. The summed E-state index contributed by atoms with van der Waals surface area (Å²) in [5.41, 5.74) is 0.867. The Labute approximate surface area is 148 Å². The molecule has 0 fully saturated rings. The van der Waals surface area contributed by atoms with E-state index in [1.807, 2.05) is 17.8 Å². The maximum atomic E-state index is 10.1.